The summed E-state index contributed by atoms with van der Waals surface area (Å²) in [4.78, 5) is 13.3. The molecule has 0 saturated carbocycles. The second-order valence-corrected chi connectivity index (χ2v) is 4.68. The van der Waals surface area contributed by atoms with Gasteiger partial charge in [0.25, 0.3) is 0 Å². The van der Waals surface area contributed by atoms with Crippen molar-refractivity contribution in [2.75, 3.05) is 26.8 Å². The van der Waals surface area contributed by atoms with E-state index in [0.717, 1.165) is 24.3 Å². The first kappa shape index (κ1) is 14.5. The van der Waals surface area contributed by atoms with E-state index < -0.39 is 0 Å². The smallest absolute Gasteiger partial charge is 0.409 e. The Labute approximate surface area is 119 Å². The summed E-state index contributed by atoms with van der Waals surface area (Å²) in [5.41, 5.74) is 0. The Morgan fingerprint density at radius 1 is 1.20 bits per heavy atom. The third-order valence-corrected chi connectivity index (χ3v) is 3.33. The van der Waals surface area contributed by atoms with E-state index in [4.69, 9.17) is 14.2 Å². The minimum atomic E-state index is -0.226. The van der Waals surface area contributed by atoms with Gasteiger partial charge in [0.05, 0.1) is 13.7 Å². The number of rotatable bonds is 4. The number of carbonyl (C=O) groups is 1. The lowest BCUT2D eigenvalue weighted by atomic mass is 10.1. The van der Waals surface area contributed by atoms with E-state index in [9.17, 15) is 4.79 Å². The van der Waals surface area contributed by atoms with Crippen molar-refractivity contribution < 1.29 is 19.0 Å². The predicted octanol–water partition coefficient (Wildman–Crippen LogP) is 2.69. The first-order chi connectivity index (χ1) is 9.72. The second-order valence-electron chi connectivity index (χ2n) is 4.68. The molecular formula is C15H21NO4. The highest BCUT2D eigenvalue weighted by Gasteiger charge is 2.24. The summed E-state index contributed by atoms with van der Waals surface area (Å²) in [6.45, 7) is 3.60. The molecule has 5 heteroatoms. The van der Waals surface area contributed by atoms with Crippen molar-refractivity contribution in [1.29, 1.82) is 0 Å². The standard InChI is InChI=1S/C15H21NO4/c1-3-19-15(17)16-10-8-14(9-11-16)20-13-6-4-12(18-2)5-7-13/h4-7,14H,3,8-11H2,1-2H3. The lowest BCUT2D eigenvalue weighted by molar-refractivity contribution is 0.0703. The van der Waals surface area contributed by atoms with Gasteiger partial charge in [-0.1, -0.05) is 0 Å². The molecule has 2 rings (SSSR count). The van der Waals surface area contributed by atoms with Gasteiger partial charge in [0, 0.05) is 25.9 Å². The number of ether oxygens (including phenoxy) is 3. The number of nitrogens with zero attached hydrogens (tertiary/aromatic N) is 1. The van der Waals surface area contributed by atoms with Crippen molar-refractivity contribution in [1.82, 2.24) is 4.90 Å². The molecule has 0 aromatic heterocycles. The van der Waals surface area contributed by atoms with E-state index in [1.54, 1.807) is 12.0 Å². The highest BCUT2D eigenvalue weighted by Crippen LogP contribution is 2.22. The van der Waals surface area contributed by atoms with E-state index in [-0.39, 0.29) is 12.2 Å². The summed E-state index contributed by atoms with van der Waals surface area (Å²) in [7, 11) is 1.64. The van der Waals surface area contributed by atoms with Gasteiger partial charge in [0.15, 0.2) is 0 Å². The van der Waals surface area contributed by atoms with Crippen LogP contribution in [0.1, 0.15) is 19.8 Å². The number of amides is 1. The van der Waals surface area contributed by atoms with Gasteiger partial charge in [0.1, 0.15) is 17.6 Å². The zero-order chi connectivity index (χ0) is 14.4. The first-order valence-corrected chi connectivity index (χ1v) is 6.95. The van der Waals surface area contributed by atoms with Gasteiger partial charge < -0.3 is 19.1 Å². The van der Waals surface area contributed by atoms with Gasteiger partial charge in [-0.25, -0.2) is 4.79 Å². The molecular weight excluding hydrogens is 258 g/mol. The maximum atomic E-state index is 11.6. The molecule has 1 aliphatic rings. The van der Waals surface area contributed by atoms with Crippen molar-refractivity contribution in [3.05, 3.63) is 24.3 Å². The van der Waals surface area contributed by atoms with E-state index in [2.05, 4.69) is 0 Å². The molecule has 20 heavy (non-hydrogen) atoms. The number of piperidine rings is 1. The second kappa shape index (κ2) is 7.03. The molecule has 5 nitrogen and oxygen atoms in total. The maximum absolute atomic E-state index is 11.6. The minimum Gasteiger partial charge on any atom is -0.497 e. The molecule has 1 heterocycles. The monoisotopic (exact) mass is 279 g/mol. The van der Waals surface area contributed by atoms with Crippen LogP contribution in [-0.4, -0.2) is 43.9 Å². The van der Waals surface area contributed by atoms with Crippen LogP contribution in [0.2, 0.25) is 0 Å². The van der Waals surface area contributed by atoms with Crippen molar-refractivity contribution in [2.45, 2.75) is 25.9 Å². The fourth-order valence-corrected chi connectivity index (χ4v) is 2.22. The Kier molecular flexibility index (Phi) is 5.09. The number of hydrogen-bond donors (Lipinski definition) is 0. The number of hydrogen-bond acceptors (Lipinski definition) is 4. The van der Waals surface area contributed by atoms with Gasteiger partial charge in [-0.3, -0.25) is 0 Å². The molecule has 1 amide bonds. The molecule has 110 valence electrons. The zero-order valence-corrected chi connectivity index (χ0v) is 12.0. The first-order valence-electron chi connectivity index (χ1n) is 6.95. The van der Waals surface area contributed by atoms with Crippen LogP contribution < -0.4 is 9.47 Å². The van der Waals surface area contributed by atoms with Crippen LogP contribution in [0.3, 0.4) is 0 Å². The minimum absolute atomic E-state index is 0.147. The molecule has 0 spiro atoms. The summed E-state index contributed by atoms with van der Waals surface area (Å²) < 4.78 is 16.0. The quantitative estimate of drug-likeness (QED) is 0.850. The molecule has 1 aromatic rings. The predicted molar refractivity (Wildman–Crippen MR) is 75.2 cm³/mol. The molecule has 1 aliphatic heterocycles. The van der Waals surface area contributed by atoms with E-state index in [1.165, 1.54) is 0 Å². The summed E-state index contributed by atoms with van der Waals surface area (Å²) in [6.07, 6.45) is 1.57. The third-order valence-electron chi connectivity index (χ3n) is 3.33. The Hall–Kier alpha value is -1.91. The number of benzene rings is 1. The van der Waals surface area contributed by atoms with Crippen LogP contribution in [0.25, 0.3) is 0 Å². The Morgan fingerprint density at radius 3 is 2.35 bits per heavy atom. The summed E-state index contributed by atoms with van der Waals surface area (Å²) in [6, 6.07) is 7.55. The van der Waals surface area contributed by atoms with Gasteiger partial charge in [-0.05, 0) is 31.2 Å². The van der Waals surface area contributed by atoms with Crippen molar-refractivity contribution in [3.8, 4) is 11.5 Å². The Balaban J connectivity index is 1.80. The van der Waals surface area contributed by atoms with Gasteiger partial charge in [-0.15, -0.1) is 0 Å². The van der Waals surface area contributed by atoms with E-state index in [1.807, 2.05) is 31.2 Å². The lowest BCUT2D eigenvalue weighted by Crippen LogP contribution is -2.42. The molecule has 0 bridgehead atoms. The molecule has 0 unspecified atom stereocenters. The van der Waals surface area contributed by atoms with Crippen molar-refractivity contribution >= 4 is 6.09 Å². The average molecular weight is 279 g/mol. The van der Waals surface area contributed by atoms with E-state index >= 15 is 0 Å². The maximum Gasteiger partial charge on any atom is 0.409 e. The molecule has 1 saturated heterocycles. The van der Waals surface area contributed by atoms with Gasteiger partial charge in [0.2, 0.25) is 0 Å². The molecule has 0 N–H and O–H groups in total. The topological polar surface area (TPSA) is 48.0 Å². The van der Waals surface area contributed by atoms with Crippen LogP contribution in [-0.2, 0) is 4.74 Å². The normalized spacial score (nSPS) is 15.8. The summed E-state index contributed by atoms with van der Waals surface area (Å²) in [5.74, 6) is 1.65. The average Bonchev–Trinajstić information content (AvgIpc) is 2.49. The van der Waals surface area contributed by atoms with Crippen LogP contribution in [0.4, 0.5) is 4.79 Å². The van der Waals surface area contributed by atoms with Crippen LogP contribution in [0, 0.1) is 0 Å². The Bertz CT molecular complexity index is 424. The lowest BCUT2D eigenvalue weighted by Gasteiger charge is -2.31. The van der Waals surface area contributed by atoms with Crippen LogP contribution in [0.5, 0.6) is 11.5 Å². The largest absolute Gasteiger partial charge is 0.497 e. The fourth-order valence-electron chi connectivity index (χ4n) is 2.22. The number of methoxy groups -OCH3 is 1. The molecule has 0 aliphatic carbocycles. The van der Waals surface area contributed by atoms with Crippen LogP contribution in [0.15, 0.2) is 24.3 Å². The molecule has 1 fully saturated rings. The summed E-state index contributed by atoms with van der Waals surface area (Å²) >= 11 is 0. The molecule has 0 atom stereocenters. The van der Waals surface area contributed by atoms with Crippen molar-refractivity contribution in [2.24, 2.45) is 0 Å². The van der Waals surface area contributed by atoms with E-state index in [0.29, 0.717) is 19.7 Å². The highest BCUT2D eigenvalue weighted by atomic mass is 16.6. The Morgan fingerprint density at radius 2 is 1.80 bits per heavy atom. The SMILES string of the molecule is CCOC(=O)N1CCC(Oc2ccc(OC)cc2)CC1. The number of likely N-dealkylation sites (tertiary alicyclic amines) is 1. The molecule has 1 aromatic carbocycles. The van der Waals surface area contributed by atoms with Crippen LogP contribution >= 0.6 is 0 Å². The summed E-state index contributed by atoms with van der Waals surface area (Å²) in [5, 5.41) is 0. The number of carbonyl (C=O) groups excluding carboxylic acids is 1. The van der Waals surface area contributed by atoms with Crippen molar-refractivity contribution in [3.63, 3.8) is 0 Å². The third kappa shape index (κ3) is 3.79. The highest BCUT2D eigenvalue weighted by molar-refractivity contribution is 5.67. The van der Waals surface area contributed by atoms with Gasteiger partial charge >= 0.3 is 6.09 Å². The molecule has 0 radical (unpaired) electrons. The fraction of sp³-hybridized carbons (Fsp3) is 0.533. The zero-order valence-electron chi connectivity index (χ0n) is 12.0. The van der Waals surface area contributed by atoms with Gasteiger partial charge in [-0.2, -0.15) is 0 Å².